The van der Waals surface area contributed by atoms with Gasteiger partial charge in [-0.15, -0.1) is 0 Å². The van der Waals surface area contributed by atoms with Crippen LogP contribution in [0.25, 0.3) is 11.5 Å². The van der Waals surface area contributed by atoms with E-state index in [4.69, 9.17) is 16.1 Å². The molecule has 0 atom stereocenters. The van der Waals surface area contributed by atoms with Crippen LogP contribution < -0.4 is 5.32 Å². The Morgan fingerprint density at radius 2 is 1.85 bits per heavy atom. The number of amides is 1. The van der Waals surface area contributed by atoms with Gasteiger partial charge in [-0.2, -0.15) is 4.98 Å². The van der Waals surface area contributed by atoms with Gasteiger partial charge in [0.2, 0.25) is 0 Å². The molecule has 3 rings (SSSR count). The molecule has 1 N–H and O–H groups in total. The monoisotopic (exact) mass is 369 g/mol. The fourth-order valence-corrected chi connectivity index (χ4v) is 3.12. The number of hydrogen-bond donors (Lipinski definition) is 1. The van der Waals surface area contributed by atoms with Crippen LogP contribution in [-0.2, 0) is 12.8 Å². The Kier molecular flexibility index (Phi) is 5.38. The van der Waals surface area contributed by atoms with Crippen molar-refractivity contribution in [1.29, 1.82) is 0 Å². The Morgan fingerprint density at radius 3 is 2.42 bits per heavy atom. The number of nitrogens with zero attached hydrogens (tertiary/aromatic N) is 2. The second-order valence-corrected chi connectivity index (χ2v) is 6.35. The first-order chi connectivity index (χ1) is 12.5. The average Bonchev–Trinajstić information content (AvgIpc) is 3.08. The molecular weight excluding hydrogens is 350 g/mol. The fourth-order valence-electron chi connectivity index (χ4n) is 2.83. The second kappa shape index (κ2) is 7.70. The molecule has 5 nitrogen and oxygen atoms in total. The van der Waals surface area contributed by atoms with E-state index in [9.17, 15) is 4.79 Å². The van der Waals surface area contributed by atoms with Gasteiger partial charge in [0.05, 0.1) is 0 Å². The molecule has 0 aliphatic carbocycles. The molecule has 0 aliphatic rings. The molecule has 134 valence electrons. The van der Waals surface area contributed by atoms with E-state index in [1.165, 1.54) is 0 Å². The van der Waals surface area contributed by atoms with Crippen LogP contribution in [-0.4, -0.2) is 16.0 Å². The number of nitrogens with one attached hydrogen (secondary N) is 1. The molecule has 0 bridgehead atoms. The van der Waals surface area contributed by atoms with Crippen LogP contribution in [0.5, 0.6) is 0 Å². The smallest absolute Gasteiger partial charge is 0.257 e. The maximum Gasteiger partial charge on any atom is 0.257 e. The quantitative estimate of drug-likeness (QED) is 0.681. The third-order valence-electron chi connectivity index (χ3n) is 4.24. The highest BCUT2D eigenvalue weighted by atomic mass is 35.5. The lowest BCUT2D eigenvalue weighted by Gasteiger charge is -2.16. The number of rotatable bonds is 5. The molecule has 0 saturated carbocycles. The van der Waals surface area contributed by atoms with E-state index in [0.717, 1.165) is 35.2 Å². The second-order valence-electron chi connectivity index (χ2n) is 5.95. The zero-order chi connectivity index (χ0) is 18.7. The lowest BCUT2D eigenvalue weighted by molar-refractivity contribution is 0.102. The average molecular weight is 370 g/mol. The van der Waals surface area contributed by atoms with Gasteiger partial charge in [0.15, 0.2) is 5.82 Å². The molecule has 0 fully saturated rings. The third kappa shape index (κ3) is 3.63. The van der Waals surface area contributed by atoms with Gasteiger partial charge in [0.1, 0.15) is 0 Å². The molecule has 1 aromatic heterocycles. The Bertz CT molecular complexity index is 933. The molecule has 2 aromatic carbocycles. The van der Waals surface area contributed by atoms with Gasteiger partial charge >= 0.3 is 0 Å². The van der Waals surface area contributed by atoms with Crippen molar-refractivity contribution in [3.63, 3.8) is 0 Å². The summed E-state index contributed by atoms with van der Waals surface area (Å²) in [5.74, 6) is 0.831. The van der Waals surface area contributed by atoms with Crippen molar-refractivity contribution in [3.05, 3.63) is 63.9 Å². The minimum atomic E-state index is -0.176. The third-order valence-corrected chi connectivity index (χ3v) is 4.59. The summed E-state index contributed by atoms with van der Waals surface area (Å²) < 4.78 is 5.14. The first kappa shape index (κ1) is 18.1. The van der Waals surface area contributed by atoms with Gasteiger partial charge in [-0.25, -0.2) is 0 Å². The topological polar surface area (TPSA) is 68.0 Å². The molecule has 0 radical (unpaired) electrons. The SMILES string of the molecule is CCc1ccc(Cl)c(CC)c1NC(=O)c1ccc(-c2nc(C)no2)cc1. The highest BCUT2D eigenvalue weighted by Crippen LogP contribution is 2.30. The van der Waals surface area contributed by atoms with Crippen molar-refractivity contribution in [2.45, 2.75) is 33.6 Å². The van der Waals surface area contributed by atoms with Crippen LogP contribution in [0.3, 0.4) is 0 Å². The van der Waals surface area contributed by atoms with Crippen LogP contribution >= 0.6 is 11.6 Å². The van der Waals surface area contributed by atoms with Gasteiger partial charge in [0, 0.05) is 21.8 Å². The maximum atomic E-state index is 12.7. The fraction of sp³-hybridized carbons (Fsp3) is 0.250. The van der Waals surface area contributed by atoms with Crippen LogP contribution in [0.1, 0.15) is 41.2 Å². The summed E-state index contributed by atoms with van der Waals surface area (Å²) in [4.78, 5) is 16.9. The highest BCUT2D eigenvalue weighted by molar-refractivity contribution is 6.32. The predicted octanol–water partition coefficient (Wildman–Crippen LogP) is 5.08. The molecule has 0 unspecified atom stereocenters. The standard InChI is InChI=1S/C20H20ClN3O2/c1-4-13-10-11-17(21)16(5-2)18(13)23-19(25)14-6-8-15(9-7-14)20-22-12(3)24-26-20/h6-11H,4-5H2,1-3H3,(H,23,25). The van der Waals surface area contributed by atoms with E-state index in [1.807, 2.05) is 19.1 Å². The zero-order valence-electron chi connectivity index (χ0n) is 15.0. The minimum Gasteiger partial charge on any atom is -0.334 e. The first-order valence-electron chi connectivity index (χ1n) is 8.55. The van der Waals surface area contributed by atoms with Gasteiger partial charge in [-0.3, -0.25) is 4.79 Å². The lowest BCUT2D eigenvalue weighted by atomic mass is 10.0. The van der Waals surface area contributed by atoms with Gasteiger partial charge in [-0.05, 0) is 61.2 Å². The van der Waals surface area contributed by atoms with Gasteiger partial charge in [-0.1, -0.05) is 36.7 Å². The Hall–Kier alpha value is -2.66. The van der Waals surface area contributed by atoms with Crippen molar-refractivity contribution >= 4 is 23.2 Å². The van der Waals surface area contributed by atoms with Gasteiger partial charge < -0.3 is 9.84 Å². The van der Waals surface area contributed by atoms with E-state index in [1.54, 1.807) is 31.2 Å². The van der Waals surface area contributed by atoms with Crippen molar-refractivity contribution in [2.24, 2.45) is 0 Å². The molecule has 6 heteroatoms. The van der Waals surface area contributed by atoms with Gasteiger partial charge in [0.25, 0.3) is 11.8 Å². The number of carbonyl (C=O) groups is 1. The van der Waals surface area contributed by atoms with Crippen LogP contribution in [0.2, 0.25) is 5.02 Å². The number of carbonyl (C=O) groups excluding carboxylic acids is 1. The van der Waals surface area contributed by atoms with Crippen molar-refractivity contribution in [2.75, 3.05) is 5.32 Å². The van der Waals surface area contributed by atoms with Crippen molar-refractivity contribution < 1.29 is 9.32 Å². The predicted molar refractivity (Wildman–Crippen MR) is 103 cm³/mol. The summed E-state index contributed by atoms with van der Waals surface area (Å²) in [7, 11) is 0. The molecule has 1 heterocycles. The maximum absolute atomic E-state index is 12.7. The Morgan fingerprint density at radius 1 is 1.12 bits per heavy atom. The van der Waals surface area contributed by atoms with E-state index in [-0.39, 0.29) is 5.91 Å². The molecule has 0 spiro atoms. The van der Waals surface area contributed by atoms with Crippen molar-refractivity contribution in [3.8, 4) is 11.5 Å². The summed E-state index contributed by atoms with van der Waals surface area (Å²) in [5.41, 5.74) is 4.15. The number of aromatic nitrogens is 2. The van der Waals surface area contributed by atoms with E-state index >= 15 is 0 Å². The van der Waals surface area contributed by atoms with Crippen LogP contribution in [0, 0.1) is 6.92 Å². The number of aryl methyl sites for hydroxylation is 2. The highest BCUT2D eigenvalue weighted by Gasteiger charge is 2.15. The summed E-state index contributed by atoms with van der Waals surface area (Å²) >= 11 is 6.30. The molecule has 0 saturated heterocycles. The molecule has 0 aliphatic heterocycles. The number of anilines is 1. The number of hydrogen-bond acceptors (Lipinski definition) is 4. The van der Waals surface area contributed by atoms with E-state index in [0.29, 0.717) is 22.3 Å². The minimum absolute atomic E-state index is 0.176. The Balaban J connectivity index is 1.86. The zero-order valence-corrected chi connectivity index (χ0v) is 15.7. The Labute approximate surface area is 157 Å². The molecule has 3 aromatic rings. The lowest BCUT2D eigenvalue weighted by Crippen LogP contribution is -2.15. The summed E-state index contributed by atoms with van der Waals surface area (Å²) in [5, 5.41) is 7.47. The van der Waals surface area contributed by atoms with E-state index < -0.39 is 0 Å². The molecule has 26 heavy (non-hydrogen) atoms. The van der Waals surface area contributed by atoms with Crippen LogP contribution in [0.4, 0.5) is 5.69 Å². The largest absolute Gasteiger partial charge is 0.334 e. The van der Waals surface area contributed by atoms with E-state index in [2.05, 4.69) is 22.4 Å². The first-order valence-corrected chi connectivity index (χ1v) is 8.93. The van der Waals surface area contributed by atoms with Crippen LogP contribution in [0.15, 0.2) is 40.9 Å². The molecule has 1 amide bonds. The summed E-state index contributed by atoms with van der Waals surface area (Å²) in [6, 6.07) is 10.9. The number of benzene rings is 2. The van der Waals surface area contributed by atoms with Crippen molar-refractivity contribution in [1.82, 2.24) is 10.1 Å². The molecular formula is C20H20ClN3O2. The summed E-state index contributed by atoms with van der Waals surface area (Å²) in [6.07, 6.45) is 1.56. The normalized spacial score (nSPS) is 10.8. The number of halogens is 1. The summed E-state index contributed by atoms with van der Waals surface area (Å²) in [6.45, 7) is 5.84.